The summed E-state index contributed by atoms with van der Waals surface area (Å²) < 4.78 is 16.8. The number of hydrogen-bond acceptors (Lipinski definition) is 6. The third kappa shape index (κ3) is 1.72. The van der Waals surface area contributed by atoms with Crippen molar-refractivity contribution >= 4 is 11.8 Å². The van der Waals surface area contributed by atoms with Crippen molar-refractivity contribution in [3.05, 3.63) is 18.0 Å². The molecule has 3 atom stereocenters. The standard InChI is InChI=1S/C11H12N2O5/c1-16-10(15)6-2-3-13(12-6)7-4-8(14)11-17-5-9(7)18-11/h2-3,7,9,11H,4-5H2,1H3/t7-,9+,11+/m1/s1. The molecule has 7 heteroatoms. The molecule has 2 fully saturated rings. The monoisotopic (exact) mass is 252 g/mol. The number of Topliss-reactive ketones (excluding diaryl/α,β-unsaturated/α-hetero) is 1. The SMILES string of the molecule is COC(=O)c1ccn([C@@H]2CC(=O)[C@H]3OC[C@@H]2O3)n1. The first-order valence-corrected chi connectivity index (χ1v) is 5.62. The van der Waals surface area contributed by atoms with E-state index in [0.29, 0.717) is 13.0 Å². The molecule has 2 aliphatic rings. The van der Waals surface area contributed by atoms with Crippen molar-refractivity contribution in [1.29, 1.82) is 0 Å². The fourth-order valence-corrected chi connectivity index (χ4v) is 2.22. The number of fused-ring (bicyclic) bond motifs is 2. The van der Waals surface area contributed by atoms with Crippen molar-refractivity contribution in [2.24, 2.45) is 0 Å². The average Bonchev–Trinajstić information content (AvgIpc) is 3.01. The van der Waals surface area contributed by atoms with E-state index in [1.54, 1.807) is 16.9 Å². The summed E-state index contributed by atoms with van der Waals surface area (Å²) in [6, 6.07) is 1.33. The molecule has 0 amide bonds. The fourth-order valence-electron chi connectivity index (χ4n) is 2.22. The van der Waals surface area contributed by atoms with E-state index in [2.05, 4.69) is 9.84 Å². The minimum absolute atomic E-state index is 0.0936. The van der Waals surface area contributed by atoms with E-state index in [4.69, 9.17) is 9.47 Å². The number of aromatic nitrogens is 2. The van der Waals surface area contributed by atoms with Crippen LogP contribution in [0.3, 0.4) is 0 Å². The maximum absolute atomic E-state index is 11.6. The normalized spacial score (nSPS) is 30.5. The summed E-state index contributed by atoms with van der Waals surface area (Å²) in [5.74, 6) is -0.596. The van der Waals surface area contributed by atoms with Crippen LogP contribution in [0.5, 0.6) is 0 Å². The van der Waals surface area contributed by atoms with E-state index in [1.807, 2.05) is 0 Å². The molecule has 3 rings (SSSR count). The molecule has 0 unspecified atom stereocenters. The molecule has 0 radical (unpaired) electrons. The van der Waals surface area contributed by atoms with Crippen molar-refractivity contribution in [1.82, 2.24) is 9.78 Å². The largest absolute Gasteiger partial charge is 0.464 e. The van der Waals surface area contributed by atoms with E-state index in [1.165, 1.54) is 7.11 Å². The molecule has 0 N–H and O–H groups in total. The first kappa shape index (κ1) is 11.4. The van der Waals surface area contributed by atoms with Gasteiger partial charge < -0.3 is 14.2 Å². The first-order chi connectivity index (χ1) is 8.69. The van der Waals surface area contributed by atoms with Gasteiger partial charge in [0.15, 0.2) is 11.5 Å². The molecule has 2 saturated heterocycles. The van der Waals surface area contributed by atoms with Crippen LogP contribution in [0.4, 0.5) is 0 Å². The zero-order valence-electron chi connectivity index (χ0n) is 9.74. The van der Waals surface area contributed by atoms with Crippen LogP contribution in [0.2, 0.25) is 0 Å². The first-order valence-electron chi connectivity index (χ1n) is 5.62. The van der Waals surface area contributed by atoms with Crippen LogP contribution in [-0.2, 0) is 19.0 Å². The van der Waals surface area contributed by atoms with Crippen LogP contribution in [0.1, 0.15) is 23.0 Å². The van der Waals surface area contributed by atoms with E-state index in [0.717, 1.165) is 0 Å². The fraction of sp³-hybridized carbons (Fsp3) is 0.545. The molecule has 1 aromatic rings. The maximum Gasteiger partial charge on any atom is 0.358 e. The number of nitrogens with zero attached hydrogens (tertiary/aromatic N) is 2. The van der Waals surface area contributed by atoms with Gasteiger partial charge in [0.2, 0.25) is 6.29 Å². The number of methoxy groups -OCH3 is 1. The summed E-state index contributed by atoms with van der Waals surface area (Å²) in [5, 5.41) is 4.11. The summed E-state index contributed by atoms with van der Waals surface area (Å²) >= 11 is 0. The van der Waals surface area contributed by atoms with Crippen LogP contribution < -0.4 is 0 Å². The summed E-state index contributed by atoms with van der Waals surface area (Å²) in [4.78, 5) is 23.0. The predicted molar refractivity (Wildman–Crippen MR) is 56.8 cm³/mol. The molecular formula is C11H12N2O5. The Balaban J connectivity index is 1.84. The number of carbonyl (C=O) groups excluding carboxylic acids is 2. The Bertz CT molecular complexity index is 497. The van der Waals surface area contributed by atoms with Gasteiger partial charge in [-0.05, 0) is 6.07 Å². The lowest BCUT2D eigenvalue weighted by Gasteiger charge is -2.26. The minimum Gasteiger partial charge on any atom is -0.464 e. The van der Waals surface area contributed by atoms with Crippen LogP contribution in [0.25, 0.3) is 0 Å². The molecule has 2 bridgehead atoms. The van der Waals surface area contributed by atoms with Crippen molar-refractivity contribution in [2.75, 3.05) is 13.7 Å². The maximum atomic E-state index is 11.6. The summed E-state index contributed by atoms with van der Waals surface area (Å²) in [5.41, 5.74) is 0.214. The summed E-state index contributed by atoms with van der Waals surface area (Å²) in [6.45, 7) is 0.370. The molecule has 3 heterocycles. The Morgan fingerprint density at radius 1 is 1.61 bits per heavy atom. The van der Waals surface area contributed by atoms with E-state index in [-0.39, 0.29) is 23.6 Å². The average molecular weight is 252 g/mol. The smallest absolute Gasteiger partial charge is 0.358 e. The second-order valence-electron chi connectivity index (χ2n) is 4.25. The molecule has 7 nitrogen and oxygen atoms in total. The highest BCUT2D eigenvalue weighted by molar-refractivity contribution is 5.87. The van der Waals surface area contributed by atoms with Gasteiger partial charge in [-0.25, -0.2) is 4.79 Å². The Hall–Kier alpha value is -1.73. The lowest BCUT2D eigenvalue weighted by Crippen LogP contribution is -2.37. The topological polar surface area (TPSA) is 79.7 Å². The van der Waals surface area contributed by atoms with Crippen molar-refractivity contribution in [3.63, 3.8) is 0 Å². The number of ketones is 1. The Kier molecular flexibility index (Phi) is 2.64. The van der Waals surface area contributed by atoms with Gasteiger partial charge in [-0.1, -0.05) is 0 Å². The number of esters is 1. The highest BCUT2D eigenvalue weighted by atomic mass is 16.7. The second kappa shape index (κ2) is 4.18. The molecule has 96 valence electrons. The highest BCUT2D eigenvalue weighted by Crippen LogP contribution is 2.32. The van der Waals surface area contributed by atoms with Crippen LogP contribution in [0, 0.1) is 0 Å². The number of carbonyl (C=O) groups is 2. The Labute approximate surface area is 103 Å². The van der Waals surface area contributed by atoms with Crippen LogP contribution in [-0.4, -0.2) is 47.6 Å². The number of ether oxygens (including phenoxy) is 3. The van der Waals surface area contributed by atoms with Gasteiger partial charge in [-0.3, -0.25) is 9.48 Å². The van der Waals surface area contributed by atoms with Crippen molar-refractivity contribution in [3.8, 4) is 0 Å². The second-order valence-corrected chi connectivity index (χ2v) is 4.25. The van der Waals surface area contributed by atoms with Gasteiger partial charge in [-0.15, -0.1) is 0 Å². The Morgan fingerprint density at radius 3 is 3.22 bits per heavy atom. The van der Waals surface area contributed by atoms with E-state index < -0.39 is 12.3 Å². The lowest BCUT2D eigenvalue weighted by atomic mass is 10.0. The molecule has 0 spiro atoms. The number of rotatable bonds is 2. The predicted octanol–water partition coefficient (Wildman–Crippen LogP) is -0.0749. The third-order valence-electron chi connectivity index (χ3n) is 3.16. The molecular weight excluding hydrogens is 240 g/mol. The van der Waals surface area contributed by atoms with Crippen molar-refractivity contribution < 1.29 is 23.8 Å². The zero-order chi connectivity index (χ0) is 12.7. The van der Waals surface area contributed by atoms with Crippen LogP contribution in [0.15, 0.2) is 12.3 Å². The highest BCUT2D eigenvalue weighted by Gasteiger charge is 2.44. The quantitative estimate of drug-likeness (QED) is 0.685. The molecule has 0 saturated carbocycles. The lowest BCUT2D eigenvalue weighted by molar-refractivity contribution is -0.156. The molecule has 1 aromatic heterocycles. The van der Waals surface area contributed by atoms with E-state index >= 15 is 0 Å². The van der Waals surface area contributed by atoms with E-state index in [9.17, 15) is 9.59 Å². The summed E-state index contributed by atoms with van der Waals surface area (Å²) in [6.07, 6.45) is 1.03. The number of hydrogen-bond donors (Lipinski definition) is 0. The minimum atomic E-state index is -0.720. The van der Waals surface area contributed by atoms with Gasteiger partial charge in [0.05, 0.1) is 19.8 Å². The van der Waals surface area contributed by atoms with Crippen molar-refractivity contribution in [2.45, 2.75) is 24.9 Å². The molecule has 18 heavy (non-hydrogen) atoms. The summed E-state index contributed by atoms with van der Waals surface area (Å²) in [7, 11) is 1.30. The van der Waals surface area contributed by atoms with Gasteiger partial charge in [0, 0.05) is 12.6 Å². The van der Waals surface area contributed by atoms with Gasteiger partial charge in [-0.2, -0.15) is 5.10 Å². The zero-order valence-corrected chi connectivity index (χ0v) is 9.74. The van der Waals surface area contributed by atoms with Gasteiger partial charge >= 0.3 is 5.97 Å². The molecule has 0 aromatic carbocycles. The Morgan fingerprint density at radius 2 is 2.44 bits per heavy atom. The third-order valence-corrected chi connectivity index (χ3v) is 3.16. The van der Waals surface area contributed by atoms with Gasteiger partial charge in [0.25, 0.3) is 0 Å². The molecule has 0 aliphatic carbocycles. The molecule has 2 aliphatic heterocycles. The van der Waals surface area contributed by atoms with Crippen LogP contribution >= 0.6 is 0 Å². The van der Waals surface area contributed by atoms with Gasteiger partial charge in [0.1, 0.15) is 6.10 Å².